The second-order valence-electron chi connectivity index (χ2n) is 9.38. The van der Waals surface area contributed by atoms with Crippen molar-refractivity contribution in [3.05, 3.63) is 35.4 Å². The van der Waals surface area contributed by atoms with E-state index in [1.807, 2.05) is 0 Å². The maximum absolute atomic E-state index is 13.0. The minimum atomic E-state index is -1.59. The molecule has 1 fully saturated rings. The molecule has 12 nitrogen and oxygen atoms in total. The van der Waals surface area contributed by atoms with E-state index in [0.29, 0.717) is 50.5 Å². The van der Waals surface area contributed by atoms with E-state index in [9.17, 15) is 25.2 Å². The van der Waals surface area contributed by atoms with Gasteiger partial charge in [-0.2, -0.15) is 0 Å². The smallest absolute Gasteiger partial charge is 0.339 e. The van der Waals surface area contributed by atoms with Gasteiger partial charge in [-0.15, -0.1) is 0 Å². The fraction of sp³-hybridized carbons (Fsp3) is 0.346. The molecule has 0 saturated carbocycles. The van der Waals surface area contributed by atoms with E-state index in [-0.39, 0.29) is 37.3 Å². The Hall–Kier alpha value is -3.97. The van der Waals surface area contributed by atoms with Crippen LogP contribution in [0.25, 0.3) is 21.9 Å². The number of fused-ring (bicyclic) bond motifs is 5. The fourth-order valence-corrected chi connectivity index (χ4v) is 5.27. The molecule has 12 heteroatoms. The molecular weight excluding hydrogens is 504 g/mol. The van der Waals surface area contributed by atoms with Gasteiger partial charge in [0.25, 0.3) is 0 Å². The predicted molar refractivity (Wildman–Crippen MR) is 125 cm³/mol. The molecule has 1 saturated heterocycles. The second kappa shape index (κ2) is 8.27. The summed E-state index contributed by atoms with van der Waals surface area (Å²) >= 11 is 0. The van der Waals surface area contributed by atoms with Crippen LogP contribution in [0.5, 0.6) is 34.5 Å². The molecule has 5 atom stereocenters. The summed E-state index contributed by atoms with van der Waals surface area (Å²) in [5.74, 6) is 0.780. The fourth-order valence-electron chi connectivity index (χ4n) is 5.27. The first-order valence-corrected chi connectivity index (χ1v) is 11.9. The Morgan fingerprint density at radius 2 is 1.61 bits per heavy atom. The number of aromatic hydroxyl groups is 1. The van der Waals surface area contributed by atoms with Gasteiger partial charge >= 0.3 is 5.97 Å². The topological polar surface area (TPSA) is 163 Å². The monoisotopic (exact) mass is 526 g/mol. The van der Waals surface area contributed by atoms with Crippen LogP contribution in [0, 0.1) is 0 Å². The molecule has 0 amide bonds. The van der Waals surface area contributed by atoms with Crippen LogP contribution >= 0.6 is 0 Å². The van der Waals surface area contributed by atoms with Crippen molar-refractivity contribution in [3.8, 4) is 45.6 Å². The van der Waals surface area contributed by atoms with Crippen molar-refractivity contribution >= 4 is 16.7 Å². The lowest BCUT2D eigenvalue weighted by atomic mass is 9.88. The maximum atomic E-state index is 13.0. The highest BCUT2D eigenvalue weighted by atomic mass is 16.7. The molecule has 38 heavy (non-hydrogen) atoms. The Morgan fingerprint density at radius 1 is 0.868 bits per heavy atom. The number of carbonyl (C=O) groups is 1. The van der Waals surface area contributed by atoms with Gasteiger partial charge in [0.05, 0.1) is 11.7 Å². The van der Waals surface area contributed by atoms with E-state index < -0.39 is 36.7 Å². The molecule has 4 aliphatic rings. The number of rotatable bonds is 3. The zero-order chi connectivity index (χ0) is 26.3. The number of hydrogen-bond donors (Lipinski definition) is 4. The van der Waals surface area contributed by atoms with Crippen molar-refractivity contribution in [2.24, 2.45) is 0 Å². The lowest BCUT2D eigenvalue weighted by Crippen LogP contribution is -2.58. The molecule has 0 bridgehead atoms. The molecule has 3 aromatic carbocycles. The lowest BCUT2D eigenvalue weighted by molar-refractivity contribution is -0.268. The normalized spacial score (nSPS) is 26.9. The molecule has 4 heterocycles. The van der Waals surface area contributed by atoms with Gasteiger partial charge in [0, 0.05) is 33.5 Å². The van der Waals surface area contributed by atoms with Crippen LogP contribution in [0.3, 0.4) is 0 Å². The van der Waals surface area contributed by atoms with E-state index in [1.54, 1.807) is 18.2 Å². The molecule has 0 radical (unpaired) electrons. The summed E-state index contributed by atoms with van der Waals surface area (Å²) in [5.41, 5.74) is 1.05. The van der Waals surface area contributed by atoms with Crippen molar-refractivity contribution in [3.63, 3.8) is 0 Å². The predicted octanol–water partition coefficient (Wildman–Crippen LogP) is 1.55. The van der Waals surface area contributed by atoms with Crippen molar-refractivity contribution in [2.45, 2.75) is 44.2 Å². The van der Waals surface area contributed by atoms with Gasteiger partial charge in [0.1, 0.15) is 36.4 Å². The summed E-state index contributed by atoms with van der Waals surface area (Å²) in [6, 6.07) is 6.44. The first-order valence-electron chi connectivity index (χ1n) is 11.9. The third-order valence-corrected chi connectivity index (χ3v) is 7.23. The van der Waals surface area contributed by atoms with E-state index in [0.717, 1.165) is 0 Å². The van der Waals surface area contributed by atoms with E-state index in [4.69, 9.17) is 33.2 Å². The van der Waals surface area contributed by atoms with Gasteiger partial charge < -0.3 is 53.6 Å². The molecule has 7 rings (SSSR count). The van der Waals surface area contributed by atoms with E-state index in [2.05, 4.69) is 0 Å². The van der Waals surface area contributed by atoms with Gasteiger partial charge in [-0.1, -0.05) is 0 Å². The van der Waals surface area contributed by atoms with Gasteiger partial charge in [-0.25, -0.2) is 4.79 Å². The largest absolute Gasteiger partial charge is 0.507 e. The number of phenols is 1. The van der Waals surface area contributed by atoms with Crippen LogP contribution in [0.1, 0.15) is 22.8 Å². The second-order valence-corrected chi connectivity index (χ2v) is 9.38. The zero-order valence-electron chi connectivity index (χ0n) is 19.9. The van der Waals surface area contributed by atoms with Crippen molar-refractivity contribution < 1.29 is 58.4 Å². The Kier molecular flexibility index (Phi) is 5.04. The molecular formula is C26H22O12. The van der Waals surface area contributed by atoms with Crippen molar-refractivity contribution in [1.82, 2.24) is 0 Å². The summed E-state index contributed by atoms with van der Waals surface area (Å²) < 4.78 is 39.5. The highest BCUT2D eigenvalue weighted by molar-refractivity contribution is 6.16. The minimum absolute atomic E-state index is 0.0501. The first-order chi connectivity index (χ1) is 18.3. The van der Waals surface area contributed by atoms with E-state index >= 15 is 0 Å². The third-order valence-electron chi connectivity index (χ3n) is 7.23. The minimum Gasteiger partial charge on any atom is -0.507 e. The summed E-state index contributed by atoms with van der Waals surface area (Å²) in [4.78, 5) is 13.0. The summed E-state index contributed by atoms with van der Waals surface area (Å²) in [6.45, 7) is 1.30. The third kappa shape index (κ3) is 3.21. The molecule has 0 aromatic heterocycles. The molecule has 4 N–H and O–H groups in total. The molecule has 0 spiro atoms. The summed E-state index contributed by atoms with van der Waals surface area (Å²) in [6.07, 6.45) is -6.66. The summed E-state index contributed by atoms with van der Waals surface area (Å²) in [7, 11) is 0. The lowest BCUT2D eigenvalue weighted by Gasteiger charge is -2.39. The molecule has 0 unspecified atom stereocenters. The number of aliphatic hydroxyl groups is 3. The number of esters is 1. The number of ether oxygens (including phenoxy) is 7. The maximum Gasteiger partial charge on any atom is 0.339 e. The van der Waals surface area contributed by atoms with Crippen molar-refractivity contribution in [1.29, 1.82) is 0 Å². The SMILES string of the molecule is C[C@@H]1O[C@H](Oc2cc3c(cc2-c2c4c(c(O)c5ccc6c(c25)OCO6)COC4=O)OCO3)[C@@H](O)[C@H](O)[C@H]1O. The number of benzene rings is 3. The number of hydrogen-bond acceptors (Lipinski definition) is 12. The van der Waals surface area contributed by atoms with Gasteiger partial charge in [0.2, 0.25) is 19.9 Å². The summed E-state index contributed by atoms with van der Waals surface area (Å²) in [5, 5.41) is 42.9. The van der Waals surface area contributed by atoms with E-state index in [1.165, 1.54) is 13.0 Å². The molecule has 3 aromatic rings. The molecule has 198 valence electrons. The number of phenolic OH excluding ortho intramolecular Hbond substituents is 1. The first kappa shape index (κ1) is 23.2. The van der Waals surface area contributed by atoms with Gasteiger partial charge in [-0.05, 0) is 25.1 Å². The van der Waals surface area contributed by atoms with Gasteiger partial charge in [0.15, 0.2) is 23.0 Å². The molecule has 4 aliphatic heterocycles. The Morgan fingerprint density at radius 3 is 2.42 bits per heavy atom. The van der Waals surface area contributed by atoms with Gasteiger partial charge in [-0.3, -0.25) is 0 Å². The quantitative estimate of drug-likeness (QED) is 0.365. The standard InChI is InChI=1S/C26H22O12/c1-9-20(27)22(29)23(30)26(37-9)38-14-5-16-15(34-7-35-16)4-11(14)17-18-10(2-3-13-24(18)36-8-33-13)21(28)12-6-32-25(31)19(12)17/h2-5,9,20,22-23,26-30H,6-8H2,1H3/t9-,20-,22+,23-,26+/m0/s1. The Bertz CT molecular complexity index is 1500. The Balaban J connectivity index is 1.49. The van der Waals surface area contributed by atoms with Crippen LogP contribution in [0.4, 0.5) is 0 Å². The highest BCUT2D eigenvalue weighted by Gasteiger charge is 2.44. The van der Waals surface area contributed by atoms with Crippen LogP contribution in [-0.2, 0) is 16.1 Å². The number of carbonyl (C=O) groups excluding carboxylic acids is 1. The number of aliphatic hydroxyl groups excluding tert-OH is 3. The average molecular weight is 526 g/mol. The van der Waals surface area contributed by atoms with Crippen molar-refractivity contribution in [2.75, 3.05) is 13.6 Å². The van der Waals surface area contributed by atoms with Crippen LogP contribution in [-0.4, -0.2) is 70.7 Å². The van der Waals surface area contributed by atoms with Crippen LogP contribution in [0.2, 0.25) is 0 Å². The van der Waals surface area contributed by atoms with Crippen LogP contribution in [0.15, 0.2) is 24.3 Å². The highest BCUT2D eigenvalue weighted by Crippen LogP contribution is 2.54. The average Bonchev–Trinajstić information content (AvgIpc) is 3.66. The Labute approximate surface area is 214 Å². The zero-order valence-corrected chi connectivity index (χ0v) is 19.9. The molecule has 0 aliphatic carbocycles. The number of cyclic esters (lactones) is 1. The van der Waals surface area contributed by atoms with Crippen LogP contribution < -0.4 is 23.7 Å².